The molecular formula is C15H17N3O4. The fourth-order valence-electron chi connectivity index (χ4n) is 2.35. The highest BCUT2D eigenvalue weighted by atomic mass is 16.5. The third-order valence-corrected chi connectivity index (χ3v) is 3.42. The van der Waals surface area contributed by atoms with Gasteiger partial charge in [0.25, 0.3) is 5.91 Å². The van der Waals surface area contributed by atoms with E-state index < -0.39 is 5.97 Å². The molecule has 1 aromatic rings. The summed E-state index contributed by atoms with van der Waals surface area (Å²) in [6.45, 7) is 2.71. The number of nitrogens with zero attached hydrogens (tertiary/aromatic N) is 3. The summed E-state index contributed by atoms with van der Waals surface area (Å²) in [5.41, 5.74) is 1.34. The van der Waals surface area contributed by atoms with Crippen molar-refractivity contribution in [2.24, 2.45) is 0 Å². The zero-order valence-corrected chi connectivity index (χ0v) is 12.3. The van der Waals surface area contributed by atoms with Gasteiger partial charge in [0, 0.05) is 18.8 Å². The van der Waals surface area contributed by atoms with Crippen molar-refractivity contribution in [1.29, 1.82) is 5.26 Å². The number of carboxylic acids is 1. The second-order valence-electron chi connectivity index (χ2n) is 4.80. The lowest BCUT2D eigenvalue weighted by molar-refractivity contribution is -0.136. The van der Waals surface area contributed by atoms with E-state index in [9.17, 15) is 9.59 Å². The van der Waals surface area contributed by atoms with Crippen molar-refractivity contribution in [1.82, 2.24) is 0 Å². The van der Waals surface area contributed by atoms with Crippen molar-refractivity contribution in [2.75, 3.05) is 36.0 Å². The van der Waals surface area contributed by atoms with Crippen molar-refractivity contribution in [3.05, 3.63) is 18.2 Å². The molecule has 0 unspecified atom stereocenters. The van der Waals surface area contributed by atoms with Crippen molar-refractivity contribution in [3.8, 4) is 11.8 Å². The van der Waals surface area contributed by atoms with Crippen molar-refractivity contribution >= 4 is 23.3 Å². The predicted molar refractivity (Wildman–Crippen MR) is 80.0 cm³/mol. The highest BCUT2D eigenvalue weighted by Gasteiger charge is 2.25. The smallest absolute Gasteiger partial charge is 0.305 e. The molecular weight excluding hydrogens is 286 g/mol. The minimum absolute atomic E-state index is 0.0150. The Labute approximate surface area is 128 Å². The van der Waals surface area contributed by atoms with Gasteiger partial charge >= 0.3 is 5.97 Å². The van der Waals surface area contributed by atoms with Gasteiger partial charge in [0.1, 0.15) is 12.3 Å². The van der Waals surface area contributed by atoms with Gasteiger partial charge in [-0.25, -0.2) is 0 Å². The van der Waals surface area contributed by atoms with Gasteiger partial charge < -0.3 is 19.6 Å². The number of carbonyl (C=O) groups excluding carboxylic acids is 1. The number of rotatable bonds is 6. The van der Waals surface area contributed by atoms with Crippen molar-refractivity contribution < 1.29 is 19.4 Å². The summed E-state index contributed by atoms with van der Waals surface area (Å²) < 4.78 is 5.39. The Morgan fingerprint density at radius 3 is 2.95 bits per heavy atom. The molecule has 0 radical (unpaired) electrons. The summed E-state index contributed by atoms with van der Waals surface area (Å²) in [5.74, 6) is -0.431. The lowest BCUT2D eigenvalue weighted by atomic mass is 10.2. The highest BCUT2D eigenvalue weighted by Crippen LogP contribution is 2.35. The summed E-state index contributed by atoms with van der Waals surface area (Å²) in [6, 6.07) is 7.29. The quantitative estimate of drug-likeness (QED) is 0.795. The Kier molecular flexibility index (Phi) is 4.84. The van der Waals surface area contributed by atoms with E-state index in [1.54, 1.807) is 28.0 Å². The van der Waals surface area contributed by atoms with Crippen LogP contribution in [-0.4, -0.2) is 43.2 Å². The van der Waals surface area contributed by atoms with Crippen molar-refractivity contribution in [3.63, 3.8) is 0 Å². The number of hydrogen-bond acceptors (Lipinski definition) is 5. The number of benzene rings is 1. The van der Waals surface area contributed by atoms with Gasteiger partial charge in [-0.15, -0.1) is 0 Å². The van der Waals surface area contributed by atoms with E-state index in [0.29, 0.717) is 23.7 Å². The molecule has 7 heteroatoms. The van der Waals surface area contributed by atoms with Crippen LogP contribution in [0.4, 0.5) is 11.4 Å². The van der Waals surface area contributed by atoms with Crippen LogP contribution in [0.3, 0.4) is 0 Å². The minimum atomic E-state index is -0.922. The van der Waals surface area contributed by atoms with Gasteiger partial charge in [0.05, 0.1) is 18.2 Å². The number of carboxylic acid groups (broad SMARTS) is 1. The fraction of sp³-hybridized carbons (Fsp3) is 0.400. The van der Waals surface area contributed by atoms with Crippen LogP contribution >= 0.6 is 0 Å². The molecule has 0 fully saturated rings. The summed E-state index contributed by atoms with van der Waals surface area (Å²) in [5, 5.41) is 17.7. The molecule has 2 rings (SSSR count). The normalized spacial score (nSPS) is 13.1. The molecule has 0 atom stereocenters. The van der Waals surface area contributed by atoms with Crippen LogP contribution in [-0.2, 0) is 9.59 Å². The van der Waals surface area contributed by atoms with Gasteiger partial charge in [-0.3, -0.25) is 9.59 Å². The van der Waals surface area contributed by atoms with Crippen molar-refractivity contribution in [2.45, 2.75) is 13.3 Å². The molecule has 1 N–H and O–H groups in total. The van der Waals surface area contributed by atoms with Crippen LogP contribution in [0.2, 0.25) is 0 Å². The first-order valence-electron chi connectivity index (χ1n) is 6.97. The highest BCUT2D eigenvalue weighted by molar-refractivity contribution is 5.98. The van der Waals surface area contributed by atoms with Crippen LogP contribution in [0.5, 0.6) is 5.75 Å². The second-order valence-corrected chi connectivity index (χ2v) is 4.80. The monoisotopic (exact) mass is 303 g/mol. The van der Waals surface area contributed by atoms with Crippen LogP contribution in [0.1, 0.15) is 13.3 Å². The molecule has 0 aromatic heterocycles. The van der Waals surface area contributed by atoms with Gasteiger partial charge in [0.2, 0.25) is 0 Å². The molecule has 0 spiro atoms. The van der Waals surface area contributed by atoms with Crippen LogP contribution in [0.15, 0.2) is 18.2 Å². The van der Waals surface area contributed by atoms with E-state index in [1.807, 2.05) is 13.0 Å². The van der Waals surface area contributed by atoms with Gasteiger partial charge in [0.15, 0.2) is 6.61 Å². The number of carbonyl (C=O) groups is 2. The Balaban J connectivity index is 2.31. The summed E-state index contributed by atoms with van der Waals surface area (Å²) in [7, 11) is 0. The maximum absolute atomic E-state index is 11.9. The molecule has 1 amide bonds. The summed E-state index contributed by atoms with van der Waals surface area (Å²) in [4.78, 5) is 25.9. The van der Waals surface area contributed by atoms with Gasteiger partial charge in [-0.05, 0) is 25.1 Å². The first kappa shape index (κ1) is 15.6. The molecule has 0 aliphatic carbocycles. The lowest BCUT2D eigenvalue weighted by Gasteiger charge is -2.30. The molecule has 22 heavy (non-hydrogen) atoms. The average Bonchev–Trinajstić information content (AvgIpc) is 2.50. The zero-order valence-electron chi connectivity index (χ0n) is 12.3. The summed E-state index contributed by atoms with van der Waals surface area (Å²) in [6.07, 6.45) is -0.0638. The lowest BCUT2D eigenvalue weighted by Crippen LogP contribution is -2.38. The summed E-state index contributed by atoms with van der Waals surface area (Å²) >= 11 is 0. The first-order chi connectivity index (χ1) is 10.6. The largest absolute Gasteiger partial charge is 0.482 e. The number of hydrogen-bond donors (Lipinski definition) is 1. The Morgan fingerprint density at radius 1 is 1.55 bits per heavy atom. The molecule has 0 saturated heterocycles. The maximum atomic E-state index is 11.9. The number of aliphatic carboxylic acids is 1. The van der Waals surface area contributed by atoms with Gasteiger partial charge in [-0.2, -0.15) is 5.26 Å². The number of ether oxygens (including phenoxy) is 1. The number of fused-ring (bicyclic) bond motifs is 1. The van der Waals surface area contributed by atoms with E-state index in [0.717, 1.165) is 0 Å². The molecule has 1 aliphatic heterocycles. The standard InChI is InChI=1S/C15H17N3O4/c1-2-18-12-9-11(3-4-13(12)22-10-14(18)19)17(8-6-16)7-5-15(20)21/h3-4,9H,2,5,7-8,10H2,1H3,(H,20,21). The molecule has 1 heterocycles. The molecule has 0 saturated carbocycles. The topological polar surface area (TPSA) is 93.9 Å². The van der Waals surface area contributed by atoms with E-state index in [4.69, 9.17) is 15.1 Å². The molecule has 0 bridgehead atoms. The number of anilines is 2. The predicted octanol–water partition coefficient (Wildman–Crippen LogP) is 1.24. The third kappa shape index (κ3) is 3.28. The Hall–Kier alpha value is -2.75. The number of amides is 1. The molecule has 7 nitrogen and oxygen atoms in total. The maximum Gasteiger partial charge on any atom is 0.305 e. The molecule has 1 aliphatic rings. The zero-order chi connectivity index (χ0) is 16.1. The Bertz CT molecular complexity index is 624. The van der Waals surface area contributed by atoms with Gasteiger partial charge in [-0.1, -0.05) is 0 Å². The Morgan fingerprint density at radius 2 is 2.32 bits per heavy atom. The van der Waals surface area contributed by atoms with Crippen LogP contribution in [0, 0.1) is 11.3 Å². The third-order valence-electron chi connectivity index (χ3n) is 3.42. The van der Waals surface area contributed by atoms with E-state index in [2.05, 4.69) is 0 Å². The minimum Gasteiger partial charge on any atom is -0.482 e. The molecule has 1 aromatic carbocycles. The average molecular weight is 303 g/mol. The van der Waals surface area contributed by atoms with E-state index in [1.165, 1.54) is 0 Å². The van der Waals surface area contributed by atoms with Crippen LogP contribution in [0.25, 0.3) is 0 Å². The fourth-order valence-corrected chi connectivity index (χ4v) is 2.35. The molecule has 116 valence electrons. The van der Waals surface area contributed by atoms with E-state index in [-0.39, 0.29) is 32.0 Å². The second kappa shape index (κ2) is 6.80. The number of likely N-dealkylation sites (N-methyl/N-ethyl adjacent to an activating group) is 1. The first-order valence-corrected chi connectivity index (χ1v) is 6.97. The SMILES string of the molecule is CCN1C(=O)COc2ccc(N(CC#N)CCC(=O)O)cc21. The number of nitriles is 1. The van der Waals surface area contributed by atoms with Crippen LogP contribution < -0.4 is 14.5 Å². The van der Waals surface area contributed by atoms with E-state index >= 15 is 0 Å².